The molecular weight excluding hydrogens is 392 g/mol. The molecule has 0 aromatic heterocycles. The smallest absolute Gasteiger partial charge is 0.326 e. The second-order valence-corrected chi connectivity index (χ2v) is 6.47. The van der Waals surface area contributed by atoms with Gasteiger partial charge >= 0.3 is 11.9 Å². The zero-order chi connectivity index (χ0) is 22.1. The van der Waals surface area contributed by atoms with Gasteiger partial charge in [-0.2, -0.15) is 0 Å². The minimum absolute atomic E-state index is 0.264. The molecule has 0 spiro atoms. The number of nitrogens with one attached hydrogen (secondary N) is 2. The molecule has 2 atom stereocenters. The van der Waals surface area contributed by atoms with E-state index in [0.717, 1.165) is 0 Å². The fourth-order valence-corrected chi connectivity index (χ4v) is 2.47. The van der Waals surface area contributed by atoms with Gasteiger partial charge in [0.05, 0.1) is 0 Å². The van der Waals surface area contributed by atoms with Crippen molar-refractivity contribution in [1.29, 1.82) is 0 Å². The van der Waals surface area contributed by atoms with E-state index in [1.165, 1.54) is 19.1 Å². The van der Waals surface area contributed by atoms with Gasteiger partial charge in [-0.25, -0.2) is 4.79 Å². The van der Waals surface area contributed by atoms with Gasteiger partial charge in [0.25, 0.3) is 5.91 Å². The molecule has 9 heteroatoms. The number of carbonyl (C=O) groups excluding carboxylic acids is 2. The predicted molar refractivity (Wildman–Crippen MR) is 106 cm³/mol. The molecule has 0 fully saturated rings. The molecule has 9 nitrogen and oxygen atoms in total. The van der Waals surface area contributed by atoms with Gasteiger partial charge < -0.3 is 25.6 Å². The van der Waals surface area contributed by atoms with Crippen LogP contribution in [0.25, 0.3) is 0 Å². The Hall–Kier alpha value is -3.88. The van der Waals surface area contributed by atoms with Crippen LogP contribution in [0, 0.1) is 0 Å². The maximum atomic E-state index is 12.3. The Balaban J connectivity index is 1.91. The van der Waals surface area contributed by atoms with Crippen molar-refractivity contribution in [1.82, 2.24) is 10.6 Å². The molecule has 2 amide bonds. The van der Waals surface area contributed by atoms with Gasteiger partial charge in [0.2, 0.25) is 5.91 Å². The lowest BCUT2D eigenvalue weighted by Crippen LogP contribution is -2.50. The number of carboxylic acids is 2. The van der Waals surface area contributed by atoms with Gasteiger partial charge in [-0.1, -0.05) is 18.2 Å². The van der Waals surface area contributed by atoms with Crippen LogP contribution in [0.15, 0.2) is 54.6 Å². The molecule has 0 saturated carbocycles. The van der Waals surface area contributed by atoms with Crippen LogP contribution >= 0.6 is 0 Å². The maximum Gasteiger partial charge on any atom is 0.326 e. The minimum Gasteiger partial charge on any atom is -0.481 e. The monoisotopic (exact) mass is 414 g/mol. The van der Waals surface area contributed by atoms with E-state index in [9.17, 15) is 19.2 Å². The van der Waals surface area contributed by atoms with Crippen LogP contribution in [0.2, 0.25) is 0 Å². The van der Waals surface area contributed by atoms with Crippen LogP contribution in [-0.4, -0.2) is 46.0 Å². The number of benzene rings is 2. The summed E-state index contributed by atoms with van der Waals surface area (Å²) < 4.78 is 5.65. The predicted octanol–water partition coefficient (Wildman–Crippen LogP) is 2.03. The van der Waals surface area contributed by atoms with E-state index in [1.54, 1.807) is 24.3 Å². The molecule has 30 heavy (non-hydrogen) atoms. The van der Waals surface area contributed by atoms with Gasteiger partial charge in [0, 0.05) is 12.0 Å². The highest BCUT2D eigenvalue weighted by atomic mass is 16.5. The van der Waals surface area contributed by atoms with Crippen molar-refractivity contribution in [3.63, 3.8) is 0 Å². The fourth-order valence-electron chi connectivity index (χ4n) is 2.47. The standard InChI is InChI=1S/C21H22N2O7/c1-13(19(26)23-17(21(28)29)11-12-18(24)25)22-20(27)14-7-9-16(10-8-14)30-15-5-3-2-4-6-15/h2-10,13,17H,11-12H2,1H3,(H,22,27)(H,23,26)(H,24,25)(H,28,29)/t13-,17-/m0/s1. The first-order chi connectivity index (χ1) is 14.3. The van der Waals surface area contributed by atoms with Crippen molar-refractivity contribution in [2.45, 2.75) is 31.8 Å². The third-order valence-corrected chi connectivity index (χ3v) is 4.10. The number of amides is 2. The Morgan fingerprint density at radius 1 is 0.900 bits per heavy atom. The fraction of sp³-hybridized carbons (Fsp3) is 0.238. The number of hydrogen-bond acceptors (Lipinski definition) is 5. The van der Waals surface area contributed by atoms with Crippen molar-refractivity contribution >= 4 is 23.8 Å². The molecule has 4 N–H and O–H groups in total. The Morgan fingerprint density at radius 3 is 2.07 bits per heavy atom. The lowest BCUT2D eigenvalue weighted by molar-refractivity contribution is -0.143. The highest BCUT2D eigenvalue weighted by molar-refractivity contribution is 5.98. The molecule has 2 rings (SSSR count). The van der Waals surface area contributed by atoms with Crippen molar-refractivity contribution in [2.75, 3.05) is 0 Å². The quantitative estimate of drug-likeness (QED) is 0.466. The van der Waals surface area contributed by atoms with E-state index in [1.807, 2.05) is 18.2 Å². The van der Waals surface area contributed by atoms with E-state index in [0.29, 0.717) is 11.5 Å². The minimum atomic E-state index is -1.36. The van der Waals surface area contributed by atoms with Crippen LogP contribution in [0.5, 0.6) is 11.5 Å². The van der Waals surface area contributed by atoms with Crippen molar-refractivity contribution < 1.29 is 34.1 Å². The van der Waals surface area contributed by atoms with Gasteiger partial charge in [-0.3, -0.25) is 14.4 Å². The normalized spacial score (nSPS) is 12.3. The van der Waals surface area contributed by atoms with E-state index in [2.05, 4.69) is 10.6 Å². The zero-order valence-corrected chi connectivity index (χ0v) is 16.2. The summed E-state index contributed by atoms with van der Waals surface area (Å²) in [5, 5.41) is 22.5. The van der Waals surface area contributed by atoms with Gasteiger partial charge in [-0.15, -0.1) is 0 Å². The number of carbonyl (C=O) groups is 4. The number of rotatable bonds is 10. The lowest BCUT2D eigenvalue weighted by atomic mass is 10.1. The lowest BCUT2D eigenvalue weighted by Gasteiger charge is -2.18. The van der Waals surface area contributed by atoms with Crippen LogP contribution in [0.4, 0.5) is 0 Å². The molecule has 0 aliphatic rings. The van der Waals surface area contributed by atoms with Crippen molar-refractivity contribution in [2.24, 2.45) is 0 Å². The number of ether oxygens (including phenoxy) is 1. The van der Waals surface area contributed by atoms with E-state index >= 15 is 0 Å². The average Bonchev–Trinajstić information content (AvgIpc) is 2.71. The molecule has 0 unspecified atom stereocenters. The van der Waals surface area contributed by atoms with Crippen molar-refractivity contribution in [3.05, 3.63) is 60.2 Å². The number of para-hydroxylation sites is 1. The number of aliphatic carboxylic acids is 2. The molecule has 2 aromatic rings. The molecule has 158 valence electrons. The molecule has 0 heterocycles. The SMILES string of the molecule is C[C@H](NC(=O)c1ccc(Oc2ccccc2)cc1)C(=O)N[C@@H](CCC(=O)O)C(=O)O. The summed E-state index contributed by atoms with van der Waals surface area (Å²) in [4.78, 5) is 46.3. The van der Waals surface area contributed by atoms with Crippen LogP contribution < -0.4 is 15.4 Å². The third-order valence-electron chi connectivity index (χ3n) is 4.10. The number of hydrogen-bond donors (Lipinski definition) is 4. The second kappa shape index (κ2) is 10.6. The largest absolute Gasteiger partial charge is 0.481 e. The average molecular weight is 414 g/mol. The molecule has 0 radical (unpaired) electrons. The Morgan fingerprint density at radius 2 is 1.50 bits per heavy atom. The van der Waals surface area contributed by atoms with E-state index in [4.69, 9.17) is 14.9 Å². The van der Waals surface area contributed by atoms with Gasteiger partial charge in [-0.05, 0) is 49.7 Å². The first-order valence-electron chi connectivity index (χ1n) is 9.15. The third kappa shape index (κ3) is 6.93. The zero-order valence-electron chi connectivity index (χ0n) is 16.2. The second-order valence-electron chi connectivity index (χ2n) is 6.47. The first-order valence-corrected chi connectivity index (χ1v) is 9.15. The summed E-state index contributed by atoms with van der Waals surface area (Å²) in [6, 6.07) is 13.0. The summed E-state index contributed by atoms with van der Waals surface area (Å²) in [5.74, 6) is -2.60. The van der Waals surface area contributed by atoms with Crippen molar-refractivity contribution in [3.8, 4) is 11.5 Å². The summed E-state index contributed by atoms with van der Waals surface area (Å²) in [5.41, 5.74) is 0.288. The molecule has 0 bridgehead atoms. The molecule has 0 saturated heterocycles. The molecule has 2 aromatic carbocycles. The Kier molecular flexibility index (Phi) is 7.92. The van der Waals surface area contributed by atoms with Gasteiger partial charge in [0.15, 0.2) is 0 Å². The van der Waals surface area contributed by atoms with E-state index < -0.39 is 42.3 Å². The van der Waals surface area contributed by atoms with Crippen LogP contribution in [0.3, 0.4) is 0 Å². The molecule has 0 aliphatic heterocycles. The number of carboxylic acid groups (broad SMARTS) is 2. The maximum absolute atomic E-state index is 12.3. The van der Waals surface area contributed by atoms with Gasteiger partial charge in [0.1, 0.15) is 23.6 Å². The summed E-state index contributed by atoms with van der Waals surface area (Å²) in [7, 11) is 0. The van der Waals surface area contributed by atoms with Crippen LogP contribution in [-0.2, 0) is 14.4 Å². The topological polar surface area (TPSA) is 142 Å². The first kappa shape index (κ1) is 22.4. The summed E-state index contributed by atoms with van der Waals surface area (Å²) in [6.45, 7) is 1.40. The highest BCUT2D eigenvalue weighted by Crippen LogP contribution is 2.21. The molecule has 0 aliphatic carbocycles. The molecular formula is C21H22N2O7. The summed E-state index contributed by atoms with van der Waals surface area (Å²) in [6.07, 6.45) is -0.671. The van der Waals surface area contributed by atoms with Crippen LogP contribution in [0.1, 0.15) is 30.1 Å². The van der Waals surface area contributed by atoms with E-state index in [-0.39, 0.29) is 12.0 Å². The Bertz CT molecular complexity index is 897. The summed E-state index contributed by atoms with van der Waals surface area (Å²) >= 11 is 0. The highest BCUT2D eigenvalue weighted by Gasteiger charge is 2.24. The Labute approximate surface area is 172 Å².